The van der Waals surface area contributed by atoms with Gasteiger partial charge in [0, 0.05) is 6.04 Å². The Morgan fingerprint density at radius 3 is 2.33 bits per heavy atom. The van der Waals surface area contributed by atoms with Gasteiger partial charge in [-0.2, -0.15) is 8.42 Å². The molecular formula is C13H29NO3S. The molecule has 1 aliphatic heterocycles. The molecule has 0 aliphatic carbocycles. The van der Waals surface area contributed by atoms with Crippen LogP contribution >= 0.6 is 0 Å². The van der Waals surface area contributed by atoms with Gasteiger partial charge in [-0.3, -0.25) is 4.55 Å². The molecule has 0 aromatic carbocycles. The van der Waals surface area contributed by atoms with Crippen LogP contribution in [0.5, 0.6) is 0 Å². The Balaban J connectivity index is 0.000000494. The SMILES string of the molecule is CCCCCN1CCCCC1CC.CS(=O)(=O)O. The molecule has 1 unspecified atom stereocenters. The average molecular weight is 279 g/mol. The summed E-state index contributed by atoms with van der Waals surface area (Å²) in [6, 6.07) is 0.908. The largest absolute Gasteiger partial charge is 0.300 e. The van der Waals surface area contributed by atoms with Crippen molar-refractivity contribution >= 4 is 10.1 Å². The van der Waals surface area contributed by atoms with Crippen molar-refractivity contribution in [3.8, 4) is 0 Å². The second kappa shape index (κ2) is 9.75. The number of hydrogen-bond acceptors (Lipinski definition) is 3. The fourth-order valence-corrected chi connectivity index (χ4v) is 2.38. The van der Waals surface area contributed by atoms with Crippen molar-refractivity contribution in [2.24, 2.45) is 0 Å². The number of likely N-dealkylation sites (tertiary alicyclic amines) is 1. The molecule has 0 saturated carbocycles. The van der Waals surface area contributed by atoms with Crippen LogP contribution in [-0.4, -0.2) is 43.3 Å². The second-order valence-corrected chi connectivity index (χ2v) is 6.50. The maximum atomic E-state index is 9.19. The Bertz CT molecular complexity index is 283. The Labute approximate surface area is 113 Å². The minimum atomic E-state index is -3.67. The highest BCUT2D eigenvalue weighted by molar-refractivity contribution is 7.85. The van der Waals surface area contributed by atoms with E-state index in [2.05, 4.69) is 18.7 Å². The van der Waals surface area contributed by atoms with Gasteiger partial charge in [-0.1, -0.05) is 33.1 Å². The van der Waals surface area contributed by atoms with Gasteiger partial charge in [0.2, 0.25) is 0 Å². The van der Waals surface area contributed by atoms with Crippen molar-refractivity contribution in [2.45, 2.75) is 64.8 Å². The lowest BCUT2D eigenvalue weighted by molar-refractivity contribution is 0.141. The first-order valence-electron chi connectivity index (χ1n) is 7.05. The van der Waals surface area contributed by atoms with E-state index < -0.39 is 10.1 Å². The highest BCUT2D eigenvalue weighted by Crippen LogP contribution is 2.19. The third kappa shape index (κ3) is 11.0. The maximum absolute atomic E-state index is 9.19. The molecule has 1 rings (SSSR count). The zero-order valence-electron chi connectivity index (χ0n) is 12.1. The number of rotatable bonds is 5. The standard InChI is InChI=1S/C12H25N.CH4O3S/c1-3-5-7-10-13-11-8-6-9-12(13)4-2;1-5(2,3)4/h12H,3-11H2,1-2H3;1H3,(H,2,3,4). The van der Waals surface area contributed by atoms with Gasteiger partial charge in [0.1, 0.15) is 0 Å². The fourth-order valence-electron chi connectivity index (χ4n) is 2.38. The first kappa shape index (κ1) is 17.9. The lowest BCUT2D eigenvalue weighted by Crippen LogP contribution is -2.39. The summed E-state index contributed by atoms with van der Waals surface area (Å²) in [5.41, 5.74) is 0. The molecule has 1 aliphatic rings. The van der Waals surface area contributed by atoms with Gasteiger partial charge >= 0.3 is 0 Å². The molecule has 5 heteroatoms. The predicted molar refractivity (Wildman–Crippen MR) is 76.5 cm³/mol. The van der Waals surface area contributed by atoms with Crippen LogP contribution in [0, 0.1) is 0 Å². The Kier molecular flexibility index (Phi) is 9.68. The van der Waals surface area contributed by atoms with Gasteiger partial charge in [-0.05, 0) is 38.8 Å². The zero-order valence-corrected chi connectivity index (χ0v) is 12.9. The van der Waals surface area contributed by atoms with Gasteiger partial charge in [-0.25, -0.2) is 0 Å². The van der Waals surface area contributed by atoms with E-state index in [-0.39, 0.29) is 0 Å². The first-order chi connectivity index (χ1) is 8.38. The smallest absolute Gasteiger partial charge is 0.261 e. The van der Waals surface area contributed by atoms with Crippen LogP contribution < -0.4 is 0 Å². The number of hydrogen-bond donors (Lipinski definition) is 1. The summed E-state index contributed by atoms with van der Waals surface area (Å²) >= 11 is 0. The lowest BCUT2D eigenvalue weighted by atomic mass is 9.99. The Hall–Kier alpha value is -0.130. The molecule has 0 amide bonds. The molecule has 1 saturated heterocycles. The predicted octanol–water partition coefficient (Wildman–Crippen LogP) is 2.95. The molecule has 1 fully saturated rings. The van der Waals surface area contributed by atoms with Crippen LogP contribution in [0.2, 0.25) is 0 Å². The number of nitrogens with zero attached hydrogens (tertiary/aromatic N) is 1. The summed E-state index contributed by atoms with van der Waals surface area (Å²) in [6.07, 6.45) is 10.6. The van der Waals surface area contributed by atoms with Crippen molar-refractivity contribution in [1.82, 2.24) is 4.90 Å². The summed E-state index contributed by atoms with van der Waals surface area (Å²) in [4.78, 5) is 2.72. The van der Waals surface area contributed by atoms with E-state index in [0.29, 0.717) is 6.26 Å². The van der Waals surface area contributed by atoms with Gasteiger partial charge in [0.25, 0.3) is 10.1 Å². The van der Waals surface area contributed by atoms with E-state index in [9.17, 15) is 8.42 Å². The molecule has 1 heterocycles. The second-order valence-electron chi connectivity index (χ2n) is 5.03. The normalized spacial score (nSPS) is 21.2. The summed E-state index contributed by atoms with van der Waals surface area (Å²) in [7, 11) is -3.67. The minimum absolute atomic E-state index is 0.715. The highest BCUT2D eigenvalue weighted by Gasteiger charge is 2.19. The Morgan fingerprint density at radius 2 is 1.83 bits per heavy atom. The van der Waals surface area contributed by atoms with E-state index in [4.69, 9.17) is 4.55 Å². The average Bonchev–Trinajstić information content (AvgIpc) is 2.28. The zero-order chi connectivity index (χ0) is 14.0. The summed E-state index contributed by atoms with van der Waals surface area (Å²) in [6.45, 7) is 7.34. The van der Waals surface area contributed by atoms with E-state index >= 15 is 0 Å². The third-order valence-electron chi connectivity index (χ3n) is 3.27. The quantitative estimate of drug-likeness (QED) is 0.621. The van der Waals surface area contributed by atoms with Crippen molar-refractivity contribution < 1.29 is 13.0 Å². The van der Waals surface area contributed by atoms with Crippen LogP contribution in [0.3, 0.4) is 0 Å². The van der Waals surface area contributed by atoms with Gasteiger partial charge in [-0.15, -0.1) is 0 Å². The summed E-state index contributed by atoms with van der Waals surface area (Å²) in [5, 5.41) is 0. The Morgan fingerprint density at radius 1 is 1.22 bits per heavy atom. The van der Waals surface area contributed by atoms with Crippen molar-refractivity contribution in [2.75, 3.05) is 19.3 Å². The first-order valence-corrected chi connectivity index (χ1v) is 8.89. The van der Waals surface area contributed by atoms with E-state index in [1.807, 2.05) is 0 Å². The molecule has 0 radical (unpaired) electrons. The van der Waals surface area contributed by atoms with E-state index in [1.54, 1.807) is 0 Å². The van der Waals surface area contributed by atoms with Crippen LogP contribution in [0.1, 0.15) is 58.8 Å². The lowest BCUT2D eigenvalue weighted by Gasteiger charge is -2.35. The van der Waals surface area contributed by atoms with E-state index in [1.165, 1.54) is 58.0 Å². The number of unbranched alkanes of at least 4 members (excludes halogenated alkanes) is 2. The molecule has 0 aromatic heterocycles. The van der Waals surface area contributed by atoms with Gasteiger partial charge in [0.05, 0.1) is 6.26 Å². The third-order valence-corrected chi connectivity index (χ3v) is 3.27. The highest BCUT2D eigenvalue weighted by atomic mass is 32.2. The van der Waals surface area contributed by atoms with Crippen LogP contribution in [0.25, 0.3) is 0 Å². The van der Waals surface area contributed by atoms with Crippen molar-refractivity contribution in [1.29, 1.82) is 0 Å². The van der Waals surface area contributed by atoms with Gasteiger partial charge < -0.3 is 4.90 Å². The molecule has 0 spiro atoms. The number of piperidine rings is 1. The van der Waals surface area contributed by atoms with Crippen LogP contribution in [0.15, 0.2) is 0 Å². The maximum Gasteiger partial charge on any atom is 0.261 e. The summed E-state index contributed by atoms with van der Waals surface area (Å²) < 4.78 is 25.9. The fraction of sp³-hybridized carbons (Fsp3) is 1.00. The molecule has 18 heavy (non-hydrogen) atoms. The molecule has 1 atom stereocenters. The van der Waals surface area contributed by atoms with Crippen LogP contribution in [0.4, 0.5) is 0 Å². The van der Waals surface area contributed by atoms with Crippen molar-refractivity contribution in [3.05, 3.63) is 0 Å². The monoisotopic (exact) mass is 279 g/mol. The summed E-state index contributed by atoms with van der Waals surface area (Å²) in [5.74, 6) is 0. The van der Waals surface area contributed by atoms with Crippen LogP contribution in [-0.2, 0) is 10.1 Å². The molecular weight excluding hydrogens is 250 g/mol. The topological polar surface area (TPSA) is 57.6 Å². The molecule has 110 valence electrons. The molecule has 0 bridgehead atoms. The van der Waals surface area contributed by atoms with E-state index in [0.717, 1.165) is 6.04 Å². The minimum Gasteiger partial charge on any atom is -0.300 e. The molecule has 1 N–H and O–H groups in total. The van der Waals surface area contributed by atoms with Gasteiger partial charge in [0.15, 0.2) is 0 Å². The van der Waals surface area contributed by atoms with Crippen molar-refractivity contribution in [3.63, 3.8) is 0 Å². The molecule has 0 aromatic rings. The molecule has 4 nitrogen and oxygen atoms in total.